The number of rotatable bonds is 0. The Hall–Kier alpha value is -1.77. The van der Waals surface area contributed by atoms with Crippen molar-refractivity contribution >= 4 is 17.3 Å². The van der Waals surface area contributed by atoms with Crippen LogP contribution in [0.25, 0.3) is 0 Å². The Morgan fingerprint density at radius 1 is 0.952 bits per heavy atom. The third-order valence-electron chi connectivity index (χ3n) is 5.63. The van der Waals surface area contributed by atoms with Crippen LogP contribution in [0.5, 0.6) is 0 Å². The fourth-order valence-corrected chi connectivity index (χ4v) is 4.18. The topological polar surface area (TPSA) is 51.2 Å². The molecule has 3 heteroatoms. The molecule has 0 radical (unpaired) electrons. The van der Waals surface area contributed by atoms with E-state index >= 15 is 0 Å². The van der Waals surface area contributed by atoms with E-state index in [-0.39, 0.29) is 22.8 Å². The standard InChI is InChI=1S/C18H20O3/c1-16(2)12-10-15(21)18(4)7-5-11(19)9-13(18)17(12,3)8-6-14(16)20/h5,7,9-10H,6,8H2,1-4H3. The molecule has 0 amide bonds. The Labute approximate surface area is 124 Å². The van der Waals surface area contributed by atoms with E-state index in [0.29, 0.717) is 12.8 Å². The molecule has 3 aliphatic carbocycles. The number of allylic oxidation sites excluding steroid dienone is 6. The monoisotopic (exact) mass is 284 g/mol. The number of ketones is 3. The molecule has 0 bridgehead atoms. The van der Waals surface area contributed by atoms with Gasteiger partial charge in [-0.3, -0.25) is 14.4 Å². The Kier molecular flexibility index (Phi) is 2.64. The number of carbonyl (C=O) groups excluding carboxylic acids is 3. The number of Topliss-reactive ketones (excluding diaryl/α,β-unsaturated/α-hetero) is 1. The zero-order valence-corrected chi connectivity index (χ0v) is 12.9. The molecule has 1 fully saturated rings. The molecule has 2 unspecified atom stereocenters. The van der Waals surface area contributed by atoms with Crippen molar-refractivity contribution in [3.05, 3.63) is 35.5 Å². The molecule has 2 atom stereocenters. The average molecular weight is 284 g/mol. The quantitative estimate of drug-likeness (QED) is 0.687. The van der Waals surface area contributed by atoms with Gasteiger partial charge >= 0.3 is 0 Å². The first-order valence-corrected chi connectivity index (χ1v) is 7.38. The van der Waals surface area contributed by atoms with Crippen molar-refractivity contribution in [1.82, 2.24) is 0 Å². The van der Waals surface area contributed by atoms with E-state index in [0.717, 1.165) is 11.1 Å². The molecule has 3 aliphatic rings. The zero-order chi connectivity index (χ0) is 15.6. The van der Waals surface area contributed by atoms with E-state index in [1.165, 1.54) is 6.08 Å². The van der Waals surface area contributed by atoms with Gasteiger partial charge in [-0.15, -0.1) is 0 Å². The van der Waals surface area contributed by atoms with E-state index in [1.807, 2.05) is 20.8 Å². The summed E-state index contributed by atoms with van der Waals surface area (Å²) in [7, 11) is 0. The third-order valence-corrected chi connectivity index (χ3v) is 5.63. The van der Waals surface area contributed by atoms with Gasteiger partial charge in [-0.25, -0.2) is 0 Å². The SMILES string of the molecule is CC1(C)C(=O)CCC2(C)C1=CC(=O)C1(C)C=CC(=O)C=C12. The maximum atomic E-state index is 12.7. The summed E-state index contributed by atoms with van der Waals surface area (Å²) in [6, 6.07) is 0. The van der Waals surface area contributed by atoms with E-state index in [1.54, 1.807) is 18.2 Å². The highest BCUT2D eigenvalue weighted by atomic mass is 16.1. The largest absolute Gasteiger partial charge is 0.299 e. The molecule has 110 valence electrons. The molecule has 3 nitrogen and oxygen atoms in total. The smallest absolute Gasteiger partial charge is 0.178 e. The van der Waals surface area contributed by atoms with Crippen LogP contribution < -0.4 is 0 Å². The summed E-state index contributed by atoms with van der Waals surface area (Å²) in [5.41, 5.74) is -0.0633. The van der Waals surface area contributed by atoms with Gasteiger partial charge in [0.1, 0.15) is 5.78 Å². The van der Waals surface area contributed by atoms with Crippen LogP contribution in [0, 0.1) is 16.2 Å². The molecule has 21 heavy (non-hydrogen) atoms. The second kappa shape index (κ2) is 3.90. The van der Waals surface area contributed by atoms with E-state index in [9.17, 15) is 14.4 Å². The minimum atomic E-state index is -0.747. The van der Waals surface area contributed by atoms with Crippen molar-refractivity contribution in [1.29, 1.82) is 0 Å². The van der Waals surface area contributed by atoms with Crippen molar-refractivity contribution in [2.24, 2.45) is 16.2 Å². The summed E-state index contributed by atoms with van der Waals surface area (Å²) in [6.45, 7) is 7.70. The predicted octanol–water partition coefficient (Wildman–Crippen LogP) is 2.96. The molecule has 0 saturated heterocycles. The first kappa shape index (κ1) is 14.2. The highest BCUT2D eigenvalue weighted by Gasteiger charge is 2.56. The lowest BCUT2D eigenvalue weighted by Gasteiger charge is -2.53. The van der Waals surface area contributed by atoms with Crippen LogP contribution in [0.1, 0.15) is 40.5 Å². The Morgan fingerprint density at radius 3 is 2.29 bits per heavy atom. The van der Waals surface area contributed by atoms with Crippen LogP contribution in [-0.2, 0) is 14.4 Å². The lowest BCUT2D eigenvalue weighted by molar-refractivity contribution is -0.129. The van der Waals surface area contributed by atoms with Gasteiger partial charge in [0.15, 0.2) is 11.6 Å². The van der Waals surface area contributed by atoms with Gasteiger partial charge in [0, 0.05) is 17.3 Å². The number of fused-ring (bicyclic) bond motifs is 3. The molecule has 0 aromatic rings. The van der Waals surface area contributed by atoms with E-state index in [2.05, 4.69) is 6.92 Å². The zero-order valence-electron chi connectivity index (χ0n) is 12.9. The molecule has 0 N–H and O–H groups in total. The lowest BCUT2D eigenvalue weighted by Crippen LogP contribution is -2.50. The van der Waals surface area contributed by atoms with Gasteiger partial charge in [0.25, 0.3) is 0 Å². The second-order valence-electron chi connectivity index (χ2n) is 7.30. The van der Waals surface area contributed by atoms with Crippen molar-refractivity contribution in [2.45, 2.75) is 40.5 Å². The molecule has 3 rings (SSSR count). The number of carbonyl (C=O) groups is 3. The van der Waals surface area contributed by atoms with Gasteiger partial charge < -0.3 is 0 Å². The fraction of sp³-hybridized carbons (Fsp3) is 0.500. The normalized spacial score (nSPS) is 37.6. The average Bonchev–Trinajstić information content (AvgIpc) is 2.41. The van der Waals surface area contributed by atoms with Crippen LogP contribution in [0.2, 0.25) is 0 Å². The predicted molar refractivity (Wildman–Crippen MR) is 79.6 cm³/mol. The van der Waals surface area contributed by atoms with Crippen LogP contribution in [0.15, 0.2) is 35.5 Å². The summed E-state index contributed by atoms with van der Waals surface area (Å²) >= 11 is 0. The molecule has 0 spiro atoms. The third kappa shape index (κ3) is 1.63. The maximum Gasteiger partial charge on any atom is 0.178 e. The Bertz CT molecular complexity index is 675. The van der Waals surface area contributed by atoms with Crippen LogP contribution in [0.3, 0.4) is 0 Å². The summed E-state index contributed by atoms with van der Waals surface area (Å²) in [6.07, 6.45) is 7.61. The molecule has 0 aromatic heterocycles. The summed E-state index contributed by atoms with van der Waals surface area (Å²) < 4.78 is 0. The van der Waals surface area contributed by atoms with Crippen LogP contribution >= 0.6 is 0 Å². The summed E-state index contributed by atoms with van der Waals surface area (Å²) in [5, 5.41) is 0. The minimum absolute atomic E-state index is 0.0345. The summed E-state index contributed by atoms with van der Waals surface area (Å²) in [5.74, 6) is 0.0566. The minimum Gasteiger partial charge on any atom is -0.299 e. The van der Waals surface area contributed by atoms with Crippen LogP contribution in [-0.4, -0.2) is 17.3 Å². The van der Waals surface area contributed by atoms with Gasteiger partial charge in [-0.1, -0.05) is 13.0 Å². The Balaban J connectivity index is 2.29. The number of hydrogen-bond donors (Lipinski definition) is 0. The lowest BCUT2D eigenvalue weighted by atomic mass is 9.49. The molecular weight excluding hydrogens is 264 g/mol. The molecule has 0 heterocycles. The van der Waals surface area contributed by atoms with E-state index < -0.39 is 10.8 Å². The Morgan fingerprint density at radius 2 is 1.62 bits per heavy atom. The van der Waals surface area contributed by atoms with Gasteiger partial charge in [0.2, 0.25) is 0 Å². The van der Waals surface area contributed by atoms with Crippen molar-refractivity contribution in [3.8, 4) is 0 Å². The molecule has 0 aliphatic heterocycles. The molecule has 0 aromatic carbocycles. The van der Waals surface area contributed by atoms with E-state index in [4.69, 9.17) is 0 Å². The molecular formula is C18H20O3. The number of hydrogen-bond acceptors (Lipinski definition) is 3. The fourth-order valence-electron chi connectivity index (χ4n) is 4.18. The highest BCUT2D eigenvalue weighted by Crippen LogP contribution is 2.60. The van der Waals surface area contributed by atoms with Gasteiger partial charge in [-0.2, -0.15) is 0 Å². The van der Waals surface area contributed by atoms with Crippen molar-refractivity contribution in [3.63, 3.8) is 0 Å². The van der Waals surface area contributed by atoms with Crippen molar-refractivity contribution in [2.75, 3.05) is 0 Å². The maximum absolute atomic E-state index is 12.7. The highest BCUT2D eigenvalue weighted by molar-refractivity contribution is 6.10. The second-order valence-corrected chi connectivity index (χ2v) is 7.30. The van der Waals surface area contributed by atoms with Gasteiger partial charge in [0.05, 0.1) is 5.41 Å². The van der Waals surface area contributed by atoms with Crippen molar-refractivity contribution < 1.29 is 14.4 Å². The first-order valence-electron chi connectivity index (χ1n) is 7.38. The van der Waals surface area contributed by atoms with Gasteiger partial charge in [-0.05, 0) is 56.6 Å². The summed E-state index contributed by atoms with van der Waals surface area (Å²) in [4.78, 5) is 36.8. The molecule has 1 saturated carbocycles. The first-order chi connectivity index (χ1) is 9.62. The van der Waals surface area contributed by atoms with Crippen LogP contribution in [0.4, 0.5) is 0 Å².